The first kappa shape index (κ1) is 14.2. The Labute approximate surface area is 118 Å². The fourth-order valence-electron chi connectivity index (χ4n) is 2.52. The molecule has 2 atom stereocenters. The van der Waals surface area contributed by atoms with Gasteiger partial charge in [-0.3, -0.25) is 4.79 Å². The van der Waals surface area contributed by atoms with Crippen LogP contribution >= 0.6 is 11.6 Å². The van der Waals surface area contributed by atoms with Gasteiger partial charge in [-0.25, -0.2) is 0 Å². The zero-order valence-corrected chi connectivity index (χ0v) is 11.7. The molecule has 0 heterocycles. The maximum absolute atomic E-state index is 12.1. The van der Waals surface area contributed by atoms with Gasteiger partial charge in [-0.2, -0.15) is 0 Å². The van der Waals surface area contributed by atoms with Gasteiger partial charge in [0.1, 0.15) is 5.75 Å². The highest BCUT2D eigenvalue weighted by Crippen LogP contribution is 2.27. The maximum atomic E-state index is 12.1. The second-order valence-corrected chi connectivity index (χ2v) is 5.25. The first-order chi connectivity index (χ1) is 9.13. The normalized spacial score (nSPS) is 22.3. The summed E-state index contributed by atoms with van der Waals surface area (Å²) >= 11 is 6.12. The number of benzene rings is 1. The van der Waals surface area contributed by atoms with Crippen molar-refractivity contribution in [3.8, 4) is 5.75 Å². The summed E-state index contributed by atoms with van der Waals surface area (Å²) in [5.41, 5.74) is 6.72. The molecule has 1 saturated carbocycles. The topological polar surface area (TPSA) is 64.3 Å². The highest BCUT2D eigenvalue weighted by atomic mass is 35.5. The van der Waals surface area contributed by atoms with Crippen molar-refractivity contribution in [2.45, 2.75) is 31.8 Å². The van der Waals surface area contributed by atoms with Gasteiger partial charge in [0.15, 0.2) is 0 Å². The van der Waals surface area contributed by atoms with Crippen molar-refractivity contribution in [1.29, 1.82) is 0 Å². The number of amides is 1. The van der Waals surface area contributed by atoms with Crippen LogP contribution in [0.5, 0.6) is 5.75 Å². The molecule has 0 saturated heterocycles. The molecule has 1 fully saturated rings. The van der Waals surface area contributed by atoms with Gasteiger partial charge in [-0.05, 0) is 25.0 Å². The number of nitrogens with two attached hydrogens (primary N) is 1. The molecule has 2 rings (SSSR count). The molecule has 19 heavy (non-hydrogen) atoms. The van der Waals surface area contributed by atoms with Crippen LogP contribution < -0.4 is 15.8 Å². The van der Waals surface area contributed by atoms with E-state index < -0.39 is 0 Å². The second-order valence-electron chi connectivity index (χ2n) is 4.84. The molecular weight excluding hydrogens is 264 g/mol. The third-order valence-electron chi connectivity index (χ3n) is 3.64. The minimum absolute atomic E-state index is 0.00646. The van der Waals surface area contributed by atoms with Crippen LogP contribution in [0, 0.1) is 5.92 Å². The zero-order valence-electron chi connectivity index (χ0n) is 11.0. The first-order valence-electron chi connectivity index (χ1n) is 6.48. The van der Waals surface area contributed by atoms with Gasteiger partial charge in [-0.1, -0.05) is 24.1 Å². The van der Waals surface area contributed by atoms with Gasteiger partial charge < -0.3 is 15.8 Å². The zero-order chi connectivity index (χ0) is 13.8. The molecule has 1 aliphatic carbocycles. The van der Waals surface area contributed by atoms with E-state index in [1.165, 1.54) is 0 Å². The standard InChI is InChI=1S/C14H19ClN2O2/c1-19-13-7-3-5-11(15)10(13)8-17-14(18)9-4-2-6-12(9)16/h3,5,7,9,12H,2,4,6,8,16H2,1H3,(H,17,18). The monoisotopic (exact) mass is 282 g/mol. The lowest BCUT2D eigenvalue weighted by Crippen LogP contribution is -2.38. The third kappa shape index (κ3) is 3.19. The van der Waals surface area contributed by atoms with Crippen LogP contribution in [0.15, 0.2) is 18.2 Å². The van der Waals surface area contributed by atoms with Gasteiger partial charge in [0.2, 0.25) is 5.91 Å². The van der Waals surface area contributed by atoms with Gasteiger partial charge in [0.05, 0.1) is 13.0 Å². The van der Waals surface area contributed by atoms with Crippen LogP contribution in [-0.4, -0.2) is 19.1 Å². The molecule has 0 spiro atoms. The summed E-state index contributed by atoms with van der Waals surface area (Å²) in [6, 6.07) is 5.41. The second kappa shape index (κ2) is 6.26. The summed E-state index contributed by atoms with van der Waals surface area (Å²) in [6.07, 6.45) is 2.81. The van der Waals surface area contributed by atoms with E-state index in [0.717, 1.165) is 24.8 Å². The highest BCUT2D eigenvalue weighted by molar-refractivity contribution is 6.31. The lowest BCUT2D eigenvalue weighted by atomic mass is 10.0. The average Bonchev–Trinajstić information content (AvgIpc) is 2.83. The molecular formula is C14H19ClN2O2. The van der Waals surface area contributed by atoms with E-state index in [2.05, 4.69) is 5.32 Å². The molecule has 5 heteroatoms. The number of carbonyl (C=O) groups is 1. The van der Waals surface area contributed by atoms with Crippen molar-refractivity contribution in [3.05, 3.63) is 28.8 Å². The van der Waals surface area contributed by atoms with E-state index in [1.54, 1.807) is 13.2 Å². The van der Waals surface area contributed by atoms with Gasteiger partial charge in [0.25, 0.3) is 0 Å². The van der Waals surface area contributed by atoms with E-state index in [1.807, 2.05) is 12.1 Å². The van der Waals surface area contributed by atoms with E-state index in [0.29, 0.717) is 17.3 Å². The average molecular weight is 283 g/mol. The summed E-state index contributed by atoms with van der Waals surface area (Å²) < 4.78 is 5.24. The molecule has 3 N–H and O–H groups in total. The van der Waals surface area contributed by atoms with Crippen molar-refractivity contribution in [2.24, 2.45) is 11.7 Å². The Hall–Kier alpha value is -1.26. The lowest BCUT2D eigenvalue weighted by molar-refractivity contribution is -0.125. The molecule has 4 nitrogen and oxygen atoms in total. The molecule has 1 aliphatic rings. The largest absolute Gasteiger partial charge is 0.496 e. The minimum Gasteiger partial charge on any atom is -0.496 e. The fourth-order valence-corrected chi connectivity index (χ4v) is 2.76. The Bertz CT molecular complexity index is 465. The summed E-state index contributed by atoms with van der Waals surface area (Å²) in [4.78, 5) is 12.1. The number of hydrogen-bond acceptors (Lipinski definition) is 3. The Balaban J connectivity index is 2.00. The Morgan fingerprint density at radius 2 is 2.32 bits per heavy atom. The van der Waals surface area contributed by atoms with Gasteiger partial charge in [-0.15, -0.1) is 0 Å². The number of rotatable bonds is 4. The SMILES string of the molecule is COc1cccc(Cl)c1CNC(=O)C1CCCC1N. The van der Waals surface area contributed by atoms with Crippen molar-refractivity contribution >= 4 is 17.5 Å². The number of carbonyl (C=O) groups excluding carboxylic acids is 1. The quantitative estimate of drug-likeness (QED) is 0.889. The van der Waals surface area contributed by atoms with E-state index in [-0.39, 0.29) is 17.9 Å². The molecule has 0 aromatic heterocycles. The molecule has 1 aromatic rings. The number of halogens is 1. The van der Waals surface area contributed by atoms with Crippen LogP contribution in [0.3, 0.4) is 0 Å². The maximum Gasteiger partial charge on any atom is 0.224 e. The first-order valence-corrected chi connectivity index (χ1v) is 6.86. The predicted octanol–water partition coefficient (Wildman–Crippen LogP) is 2.09. The van der Waals surface area contributed by atoms with Crippen LogP contribution in [0.25, 0.3) is 0 Å². The van der Waals surface area contributed by atoms with Crippen LogP contribution in [0.2, 0.25) is 5.02 Å². The van der Waals surface area contributed by atoms with Gasteiger partial charge >= 0.3 is 0 Å². The lowest BCUT2D eigenvalue weighted by Gasteiger charge is -2.16. The van der Waals surface area contributed by atoms with E-state index in [4.69, 9.17) is 22.1 Å². The highest BCUT2D eigenvalue weighted by Gasteiger charge is 2.30. The summed E-state index contributed by atoms with van der Waals surface area (Å²) in [5.74, 6) is 0.615. The molecule has 2 unspecified atom stereocenters. The molecule has 1 aromatic carbocycles. The third-order valence-corrected chi connectivity index (χ3v) is 4.00. The Morgan fingerprint density at radius 1 is 1.53 bits per heavy atom. The molecule has 104 valence electrons. The van der Waals surface area contributed by atoms with Crippen molar-refractivity contribution in [3.63, 3.8) is 0 Å². The Morgan fingerprint density at radius 3 is 2.95 bits per heavy atom. The summed E-state index contributed by atoms with van der Waals surface area (Å²) in [7, 11) is 1.59. The van der Waals surface area contributed by atoms with Crippen LogP contribution in [0.4, 0.5) is 0 Å². The van der Waals surface area contributed by atoms with E-state index >= 15 is 0 Å². The molecule has 1 amide bonds. The minimum atomic E-state index is -0.0755. The van der Waals surface area contributed by atoms with Crippen LogP contribution in [0.1, 0.15) is 24.8 Å². The number of ether oxygens (including phenoxy) is 1. The Kier molecular flexibility index (Phi) is 4.66. The van der Waals surface area contributed by atoms with E-state index in [9.17, 15) is 4.79 Å². The van der Waals surface area contributed by atoms with Crippen molar-refractivity contribution < 1.29 is 9.53 Å². The summed E-state index contributed by atoms with van der Waals surface area (Å²) in [5, 5.41) is 3.50. The van der Waals surface area contributed by atoms with Crippen LogP contribution in [-0.2, 0) is 11.3 Å². The molecule has 0 radical (unpaired) electrons. The van der Waals surface area contributed by atoms with Crippen molar-refractivity contribution in [2.75, 3.05) is 7.11 Å². The smallest absolute Gasteiger partial charge is 0.224 e. The fraction of sp³-hybridized carbons (Fsp3) is 0.500. The van der Waals surface area contributed by atoms with Gasteiger partial charge in [0, 0.05) is 23.2 Å². The van der Waals surface area contributed by atoms with Crippen molar-refractivity contribution in [1.82, 2.24) is 5.32 Å². The number of hydrogen-bond donors (Lipinski definition) is 2. The molecule has 0 bridgehead atoms. The molecule has 0 aliphatic heterocycles. The summed E-state index contributed by atoms with van der Waals surface area (Å²) in [6.45, 7) is 0.366. The number of nitrogens with one attached hydrogen (secondary N) is 1. The number of methoxy groups -OCH3 is 1. The predicted molar refractivity (Wildman–Crippen MR) is 75.2 cm³/mol.